The fourth-order valence-corrected chi connectivity index (χ4v) is 2.22. The summed E-state index contributed by atoms with van der Waals surface area (Å²) >= 11 is 0. The third-order valence-corrected chi connectivity index (χ3v) is 3.74. The standard InChI is InChI=1S/C17H29N/c1-12(2)7-9-15(5)18-16(6)17-10-8-13(3)14(4)11-17/h8,10-12,15-16,18H,7,9H2,1-6H3. The fraction of sp³-hybridized carbons (Fsp3) is 0.647. The molecule has 0 saturated heterocycles. The molecular formula is C17H29N. The van der Waals surface area contributed by atoms with Crippen molar-refractivity contribution in [3.63, 3.8) is 0 Å². The Morgan fingerprint density at radius 1 is 0.944 bits per heavy atom. The molecular weight excluding hydrogens is 218 g/mol. The van der Waals surface area contributed by atoms with Crippen LogP contribution in [0.2, 0.25) is 0 Å². The van der Waals surface area contributed by atoms with E-state index in [4.69, 9.17) is 0 Å². The number of hydrogen-bond donors (Lipinski definition) is 1. The van der Waals surface area contributed by atoms with Crippen LogP contribution in [-0.2, 0) is 0 Å². The predicted molar refractivity (Wildman–Crippen MR) is 81.0 cm³/mol. The van der Waals surface area contributed by atoms with Gasteiger partial charge in [0.25, 0.3) is 0 Å². The second-order valence-electron chi connectivity index (χ2n) is 6.10. The van der Waals surface area contributed by atoms with Crippen LogP contribution >= 0.6 is 0 Å². The molecule has 1 heteroatoms. The maximum absolute atomic E-state index is 3.70. The Hall–Kier alpha value is -0.820. The minimum atomic E-state index is 0.437. The van der Waals surface area contributed by atoms with Crippen LogP contribution in [0.3, 0.4) is 0 Å². The van der Waals surface area contributed by atoms with Crippen molar-refractivity contribution in [2.24, 2.45) is 5.92 Å². The summed E-state index contributed by atoms with van der Waals surface area (Å²) < 4.78 is 0. The van der Waals surface area contributed by atoms with E-state index in [0.29, 0.717) is 12.1 Å². The summed E-state index contributed by atoms with van der Waals surface area (Å²) in [5.74, 6) is 0.797. The van der Waals surface area contributed by atoms with Crippen molar-refractivity contribution in [3.05, 3.63) is 34.9 Å². The first-order valence-corrected chi connectivity index (χ1v) is 7.23. The van der Waals surface area contributed by atoms with Crippen LogP contribution in [0.1, 0.15) is 63.3 Å². The van der Waals surface area contributed by atoms with Gasteiger partial charge in [-0.1, -0.05) is 32.0 Å². The molecule has 0 fully saturated rings. The van der Waals surface area contributed by atoms with Gasteiger partial charge in [0.1, 0.15) is 0 Å². The molecule has 1 rings (SSSR count). The molecule has 0 heterocycles. The van der Waals surface area contributed by atoms with Crippen LogP contribution in [0, 0.1) is 19.8 Å². The highest BCUT2D eigenvalue weighted by atomic mass is 14.9. The zero-order valence-electron chi connectivity index (χ0n) is 12.9. The van der Waals surface area contributed by atoms with E-state index >= 15 is 0 Å². The molecule has 0 aliphatic carbocycles. The second-order valence-corrected chi connectivity index (χ2v) is 6.10. The highest BCUT2D eigenvalue weighted by Crippen LogP contribution is 2.18. The second kappa shape index (κ2) is 6.94. The maximum Gasteiger partial charge on any atom is 0.0294 e. The molecule has 0 saturated carbocycles. The molecule has 1 aromatic carbocycles. The van der Waals surface area contributed by atoms with Gasteiger partial charge in [0.15, 0.2) is 0 Å². The van der Waals surface area contributed by atoms with Gasteiger partial charge >= 0.3 is 0 Å². The molecule has 1 nitrogen and oxygen atoms in total. The lowest BCUT2D eigenvalue weighted by Gasteiger charge is -2.21. The van der Waals surface area contributed by atoms with Crippen molar-refractivity contribution < 1.29 is 0 Å². The molecule has 1 N–H and O–H groups in total. The molecule has 0 amide bonds. The number of hydrogen-bond acceptors (Lipinski definition) is 1. The first-order chi connectivity index (χ1) is 8.40. The number of nitrogens with one attached hydrogen (secondary N) is 1. The van der Waals surface area contributed by atoms with E-state index in [-0.39, 0.29) is 0 Å². The summed E-state index contributed by atoms with van der Waals surface area (Å²) in [6.45, 7) is 13.5. The molecule has 0 spiro atoms. The van der Waals surface area contributed by atoms with E-state index < -0.39 is 0 Å². The summed E-state index contributed by atoms with van der Waals surface area (Å²) in [6.07, 6.45) is 2.56. The maximum atomic E-state index is 3.70. The Balaban J connectivity index is 2.53. The Kier molecular flexibility index (Phi) is 5.87. The Morgan fingerprint density at radius 2 is 1.61 bits per heavy atom. The topological polar surface area (TPSA) is 12.0 Å². The van der Waals surface area contributed by atoms with Crippen LogP contribution in [0.25, 0.3) is 0 Å². The molecule has 2 atom stereocenters. The third-order valence-electron chi connectivity index (χ3n) is 3.74. The average Bonchev–Trinajstić information content (AvgIpc) is 2.30. The Bertz CT molecular complexity index is 368. The summed E-state index contributed by atoms with van der Waals surface area (Å²) in [4.78, 5) is 0. The lowest BCUT2D eigenvalue weighted by molar-refractivity contribution is 0.417. The van der Waals surface area contributed by atoms with Crippen molar-refractivity contribution >= 4 is 0 Å². The van der Waals surface area contributed by atoms with E-state index in [9.17, 15) is 0 Å². The van der Waals surface area contributed by atoms with E-state index in [1.54, 1.807) is 0 Å². The predicted octanol–water partition coefficient (Wildman–Crippen LogP) is 4.78. The first kappa shape index (κ1) is 15.2. The van der Waals surface area contributed by atoms with Gasteiger partial charge in [-0.15, -0.1) is 0 Å². The van der Waals surface area contributed by atoms with Crippen molar-refractivity contribution in [2.75, 3.05) is 0 Å². The quantitative estimate of drug-likeness (QED) is 0.763. The Morgan fingerprint density at radius 3 is 2.17 bits per heavy atom. The molecule has 2 unspecified atom stereocenters. The van der Waals surface area contributed by atoms with Gasteiger partial charge in [0.2, 0.25) is 0 Å². The van der Waals surface area contributed by atoms with Crippen molar-refractivity contribution in [1.29, 1.82) is 0 Å². The summed E-state index contributed by atoms with van der Waals surface area (Å²) in [5.41, 5.74) is 4.16. The van der Waals surface area contributed by atoms with Crippen molar-refractivity contribution in [1.82, 2.24) is 5.32 Å². The molecule has 0 aromatic heterocycles. The minimum absolute atomic E-state index is 0.437. The van der Waals surface area contributed by atoms with Gasteiger partial charge in [0.05, 0.1) is 0 Å². The van der Waals surface area contributed by atoms with Crippen molar-refractivity contribution in [2.45, 2.75) is 66.5 Å². The molecule has 18 heavy (non-hydrogen) atoms. The zero-order valence-corrected chi connectivity index (χ0v) is 12.9. The highest BCUT2D eigenvalue weighted by molar-refractivity contribution is 5.31. The van der Waals surface area contributed by atoms with Crippen LogP contribution in [0.4, 0.5) is 0 Å². The minimum Gasteiger partial charge on any atom is -0.308 e. The largest absolute Gasteiger partial charge is 0.308 e. The van der Waals surface area contributed by atoms with E-state index in [1.165, 1.54) is 29.5 Å². The normalized spacial score (nSPS) is 14.8. The van der Waals surface area contributed by atoms with E-state index in [1.807, 2.05) is 0 Å². The monoisotopic (exact) mass is 247 g/mol. The van der Waals surface area contributed by atoms with Gasteiger partial charge in [-0.05, 0) is 63.1 Å². The lowest BCUT2D eigenvalue weighted by atomic mass is 10.00. The fourth-order valence-electron chi connectivity index (χ4n) is 2.22. The summed E-state index contributed by atoms with van der Waals surface area (Å²) in [5, 5.41) is 3.70. The number of benzene rings is 1. The van der Waals surface area contributed by atoms with Crippen LogP contribution in [-0.4, -0.2) is 6.04 Å². The van der Waals surface area contributed by atoms with Gasteiger partial charge in [-0.3, -0.25) is 0 Å². The van der Waals surface area contributed by atoms with Crippen LogP contribution < -0.4 is 5.32 Å². The SMILES string of the molecule is Cc1ccc(C(C)NC(C)CCC(C)C)cc1C. The Labute approximate surface area is 113 Å². The number of rotatable bonds is 6. The lowest BCUT2D eigenvalue weighted by Crippen LogP contribution is -2.29. The van der Waals surface area contributed by atoms with Gasteiger partial charge in [-0.2, -0.15) is 0 Å². The van der Waals surface area contributed by atoms with Gasteiger partial charge in [0, 0.05) is 12.1 Å². The molecule has 1 aromatic rings. The number of aryl methyl sites for hydroxylation is 2. The molecule has 102 valence electrons. The van der Waals surface area contributed by atoms with Gasteiger partial charge in [-0.25, -0.2) is 0 Å². The summed E-state index contributed by atoms with van der Waals surface area (Å²) in [6, 6.07) is 7.80. The first-order valence-electron chi connectivity index (χ1n) is 7.23. The summed E-state index contributed by atoms with van der Waals surface area (Å²) in [7, 11) is 0. The van der Waals surface area contributed by atoms with Crippen LogP contribution in [0.5, 0.6) is 0 Å². The highest BCUT2D eigenvalue weighted by Gasteiger charge is 2.10. The molecule has 0 radical (unpaired) electrons. The average molecular weight is 247 g/mol. The van der Waals surface area contributed by atoms with Gasteiger partial charge < -0.3 is 5.32 Å². The van der Waals surface area contributed by atoms with Crippen LogP contribution in [0.15, 0.2) is 18.2 Å². The smallest absolute Gasteiger partial charge is 0.0294 e. The molecule has 0 aliphatic heterocycles. The zero-order chi connectivity index (χ0) is 13.7. The van der Waals surface area contributed by atoms with E-state index in [2.05, 4.69) is 65.1 Å². The molecule has 0 aliphatic rings. The molecule has 0 bridgehead atoms. The van der Waals surface area contributed by atoms with E-state index in [0.717, 1.165) is 5.92 Å². The van der Waals surface area contributed by atoms with Crippen molar-refractivity contribution in [3.8, 4) is 0 Å². The third kappa shape index (κ3) is 4.81.